The van der Waals surface area contributed by atoms with Crippen LogP contribution in [0, 0.1) is 0 Å². The van der Waals surface area contributed by atoms with E-state index in [1.165, 1.54) is 12.8 Å². The molecule has 4 heteroatoms. The first-order valence-electron chi connectivity index (χ1n) is 5.43. The average molecular weight is 281 g/mol. The number of halogens is 3. The van der Waals surface area contributed by atoms with Crippen LogP contribution in [0.3, 0.4) is 0 Å². The summed E-state index contributed by atoms with van der Waals surface area (Å²) in [5.41, 5.74) is 1.01. The van der Waals surface area contributed by atoms with Gasteiger partial charge in [-0.25, -0.2) is 0 Å². The Balaban J connectivity index is 2.47. The van der Waals surface area contributed by atoms with Crippen LogP contribution < -0.4 is 5.32 Å². The molecule has 0 spiro atoms. The third-order valence-electron chi connectivity index (χ3n) is 2.46. The van der Waals surface area contributed by atoms with Gasteiger partial charge < -0.3 is 5.32 Å². The summed E-state index contributed by atoms with van der Waals surface area (Å²) in [6.45, 7) is 1.06. The molecule has 0 atom stereocenters. The summed E-state index contributed by atoms with van der Waals surface area (Å²) in [7, 11) is 1.97. The van der Waals surface area contributed by atoms with E-state index >= 15 is 0 Å². The maximum absolute atomic E-state index is 6.09. The van der Waals surface area contributed by atoms with Crippen molar-refractivity contribution in [2.45, 2.75) is 25.7 Å². The molecule has 0 aromatic heterocycles. The number of hydrogen-bond donors (Lipinski definition) is 1. The van der Waals surface area contributed by atoms with Gasteiger partial charge in [-0.05, 0) is 50.6 Å². The van der Waals surface area contributed by atoms with Crippen molar-refractivity contribution in [2.75, 3.05) is 13.6 Å². The molecule has 0 aliphatic rings. The van der Waals surface area contributed by atoms with Crippen molar-refractivity contribution < 1.29 is 0 Å². The first kappa shape index (κ1) is 14.1. The van der Waals surface area contributed by atoms with Crippen molar-refractivity contribution >= 4 is 34.8 Å². The fourth-order valence-electron chi connectivity index (χ4n) is 1.59. The number of hydrogen-bond acceptors (Lipinski definition) is 1. The van der Waals surface area contributed by atoms with Gasteiger partial charge in [0.25, 0.3) is 0 Å². The minimum absolute atomic E-state index is 0.592. The molecule has 1 rings (SSSR count). The van der Waals surface area contributed by atoms with E-state index in [1.807, 2.05) is 7.05 Å². The summed E-state index contributed by atoms with van der Waals surface area (Å²) in [4.78, 5) is 0. The normalized spacial score (nSPS) is 10.8. The van der Waals surface area contributed by atoms with Gasteiger partial charge in [-0.15, -0.1) is 0 Å². The highest BCUT2D eigenvalue weighted by Gasteiger charge is 2.07. The summed E-state index contributed by atoms with van der Waals surface area (Å²) < 4.78 is 0. The zero-order chi connectivity index (χ0) is 12.0. The number of unbranched alkanes of at least 4 members (excludes halogenated alkanes) is 2. The summed E-state index contributed by atoms with van der Waals surface area (Å²) in [5, 5.41) is 5.06. The molecule has 1 N–H and O–H groups in total. The second kappa shape index (κ2) is 7.39. The number of rotatable bonds is 6. The average Bonchev–Trinajstić information content (AvgIpc) is 2.20. The molecule has 0 amide bonds. The van der Waals surface area contributed by atoms with Gasteiger partial charge in [0.2, 0.25) is 0 Å². The lowest BCUT2D eigenvalue weighted by atomic mass is 10.1. The standard InChI is InChI=1S/C12H16Cl3N/c1-16-6-4-2-3-5-10-11(14)7-9(13)8-12(10)15/h7-8,16H,2-6H2,1H3. The lowest BCUT2D eigenvalue weighted by Gasteiger charge is -2.07. The van der Waals surface area contributed by atoms with Crippen LogP contribution in [0.1, 0.15) is 24.8 Å². The summed E-state index contributed by atoms with van der Waals surface area (Å²) in [6, 6.07) is 3.50. The van der Waals surface area contributed by atoms with Gasteiger partial charge in [0, 0.05) is 15.1 Å². The van der Waals surface area contributed by atoms with Crippen LogP contribution in [0.2, 0.25) is 15.1 Å². The van der Waals surface area contributed by atoms with Crippen molar-refractivity contribution in [3.05, 3.63) is 32.8 Å². The van der Waals surface area contributed by atoms with Crippen molar-refractivity contribution in [1.29, 1.82) is 0 Å². The summed E-state index contributed by atoms with van der Waals surface area (Å²) >= 11 is 18.0. The minimum atomic E-state index is 0.592. The predicted octanol–water partition coefficient (Wildman–Crippen LogP) is 4.58. The Labute approximate surface area is 112 Å². The molecule has 0 saturated carbocycles. The van der Waals surface area contributed by atoms with E-state index in [0.29, 0.717) is 15.1 Å². The number of nitrogens with one attached hydrogen (secondary N) is 1. The van der Waals surface area contributed by atoms with Crippen LogP contribution in [0.5, 0.6) is 0 Å². The molecule has 0 bridgehead atoms. The highest BCUT2D eigenvalue weighted by atomic mass is 35.5. The van der Waals surface area contributed by atoms with Crippen molar-refractivity contribution in [2.24, 2.45) is 0 Å². The number of benzene rings is 1. The molecule has 1 nitrogen and oxygen atoms in total. The smallest absolute Gasteiger partial charge is 0.0467 e. The topological polar surface area (TPSA) is 12.0 Å². The minimum Gasteiger partial charge on any atom is -0.320 e. The Hall–Kier alpha value is 0.0500. The Kier molecular flexibility index (Phi) is 6.52. The monoisotopic (exact) mass is 279 g/mol. The molecule has 16 heavy (non-hydrogen) atoms. The molecule has 0 aliphatic heterocycles. The third-order valence-corrected chi connectivity index (χ3v) is 3.35. The van der Waals surface area contributed by atoms with Gasteiger partial charge >= 0.3 is 0 Å². The second-order valence-electron chi connectivity index (χ2n) is 3.76. The van der Waals surface area contributed by atoms with E-state index < -0.39 is 0 Å². The van der Waals surface area contributed by atoms with Gasteiger partial charge in [0.05, 0.1) is 0 Å². The fourth-order valence-corrected chi connectivity index (χ4v) is 2.60. The summed E-state index contributed by atoms with van der Waals surface area (Å²) in [6.07, 6.45) is 4.37. The molecule has 0 aliphatic carbocycles. The molecule has 0 saturated heterocycles. The Bertz CT molecular complexity index is 316. The maximum Gasteiger partial charge on any atom is 0.0467 e. The van der Waals surface area contributed by atoms with Crippen LogP contribution >= 0.6 is 34.8 Å². The van der Waals surface area contributed by atoms with Crippen molar-refractivity contribution in [1.82, 2.24) is 5.32 Å². The van der Waals surface area contributed by atoms with Crippen LogP contribution in [-0.2, 0) is 6.42 Å². The molecular weight excluding hydrogens is 264 g/mol. The first-order valence-corrected chi connectivity index (χ1v) is 6.56. The zero-order valence-corrected chi connectivity index (χ0v) is 11.6. The molecule has 0 fully saturated rings. The van der Waals surface area contributed by atoms with Gasteiger partial charge in [0.15, 0.2) is 0 Å². The van der Waals surface area contributed by atoms with E-state index in [-0.39, 0.29) is 0 Å². The van der Waals surface area contributed by atoms with Crippen LogP contribution in [0.4, 0.5) is 0 Å². The largest absolute Gasteiger partial charge is 0.320 e. The SMILES string of the molecule is CNCCCCCc1c(Cl)cc(Cl)cc1Cl. The van der Waals surface area contributed by atoms with Crippen LogP contribution in [0.15, 0.2) is 12.1 Å². The molecule has 0 unspecified atom stereocenters. The van der Waals surface area contributed by atoms with E-state index in [0.717, 1.165) is 24.9 Å². The third kappa shape index (κ3) is 4.50. The van der Waals surface area contributed by atoms with E-state index in [9.17, 15) is 0 Å². The van der Waals surface area contributed by atoms with Gasteiger partial charge in [-0.1, -0.05) is 41.2 Å². The molecule has 0 radical (unpaired) electrons. The van der Waals surface area contributed by atoms with Crippen molar-refractivity contribution in [3.8, 4) is 0 Å². The van der Waals surface area contributed by atoms with E-state index in [1.54, 1.807) is 12.1 Å². The van der Waals surface area contributed by atoms with Crippen molar-refractivity contribution in [3.63, 3.8) is 0 Å². The highest BCUT2D eigenvalue weighted by molar-refractivity contribution is 6.39. The quantitative estimate of drug-likeness (QED) is 0.752. The second-order valence-corrected chi connectivity index (χ2v) is 5.01. The van der Waals surface area contributed by atoms with Gasteiger partial charge in [-0.2, -0.15) is 0 Å². The first-order chi connectivity index (χ1) is 7.65. The van der Waals surface area contributed by atoms with E-state index in [4.69, 9.17) is 34.8 Å². The molecule has 0 heterocycles. The van der Waals surface area contributed by atoms with Crippen LogP contribution in [0.25, 0.3) is 0 Å². The maximum atomic E-state index is 6.09. The predicted molar refractivity (Wildman–Crippen MR) is 73.0 cm³/mol. The van der Waals surface area contributed by atoms with Gasteiger partial charge in [0.1, 0.15) is 0 Å². The highest BCUT2D eigenvalue weighted by Crippen LogP contribution is 2.30. The zero-order valence-electron chi connectivity index (χ0n) is 9.32. The molecule has 90 valence electrons. The fraction of sp³-hybridized carbons (Fsp3) is 0.500. The van der Waals surface area contributed by atoms with E-state index in [2.05, 4.69) is 5.32 Å². The lowest BCUT2D eigenvalue weighted by Crippen LogP contribution is -2.07. The Morgan fingerprint density at radius 3 is 2.19 bits per heavy atom. The molecule has 1 aromatic rings. The Morgan fingerprint density at radius 1 is 1.00 bits per heavy atom. The summed E-state index contributed by atoms with van der Waals surface area (Å²) in [5.74, 6) is 0. The van der Waals surface area contributed by atoms with Gasteiger partial charge in [-0.3, -0.25) is 0 Å². The molecule has 1 aromatic carbocycles. The molecular formula is C12H16Cl3N. The van der Waals surface area contributed by atoms with Crippen LogP contribution in [-0.4, -0.2) is 13.6 Å². The lowest BCUT2D eigenvalue weighted by molar-refractivity contribution is 0.642. The Morgan fingerprint density at radius 2 is 1.62 bits per heavy atom.